The molecule has 15 heavy (non-hydrogen) atoms. The molecule has 2 nitrogen and oxygen atoms in total. The minimum atomic E-state index is -0.943. The van der Waals surface area contributed by atoms with E-state index in [2.05, 4.69) is 0 Å². The lowest BCUT2D eigenvalue weighted by atomic mass is 9.85. The number of aryl methyl sites for hydroxylation is 2. The minimum Gasteiger partial charge on any atom is -0.292 e. The maximum absolute atomic E-state index is 11.9. The fourth-order valence-corrected chi connectivity index (χ4v) is 1.29. The summed E-state index contributed by atoms with van der Waals surface area (Å²) < 4.78 is 0. The van der Waals surface area contributed by atoms with E-state index in [9.17, 15) is 4.79 Å². The summed E-state index contributed by atoms with van der Waals surface area (Å²) in [6, 6.07) is 7.56. The summed E-state index contributed by atoms with van der Waals surface area (Å²) >= 11 is 0. The molecule has 0 saturated heterocycles. The molecule has 0 fully saturated rings. The molecule has 78 valence electrons. The number of ketones is 1. The molecule has 0 aromatic heterocycles. The van der Waals surface area contributed by atoms with Gasteiger partial charge in [0.1, 0.15) is 5.41 Å². The summed E-state index contributed by atoms with van der Waals surface area (Å²) in [4.78, 5) is 11.9. The first kappa shape index (κ1) is 11.5. The van der Waals surface area contributed by atoms with E-state index in [-0.39, 0.29) is 5.78 Å². The van der Waals surface area contributed by atoms with E-state index in [1.165, 1.54) is 0 Å². The van der Waals surface area contributed by atoms with Crippen molar-refractivity contribution in [3.63, 3.8) is 0 Å². The van der Waals surface area contributed by atoms with Crippen molar-refractivity contribution in [3.05, 3.63) is 34.9 Å². The molecular weight excluding hydrogens is 186 g/mol. The first-order valence-corrected chi connectivity index (χ1v) is 4.92. The van der Waals surface area contributed by atoms with Gasteiger partial charge in [0.05, 0.1) is 6.07 Å². The van der Waals surface area contributed by atoms with Crippen molar-refractivity contribution in [3.8, 4) is 6.07 Å². The zero-order valence-corrected chi connectivity index (χ0v) is 9.59. The maximum atomic E-state index is 11.9. The number of carbonyl (C=O) groups excluding carboxylic acids is 1. The number of carbonyl (C=O) groups is 1. The average molecular weight is 201 g/mol. The molecule has 0 heterocycles. The van der Waals surface area contributed by atoms with Crippen LogP contribution < -0.4 is 0 Å². The molecular formula is C13H15NO. The SMILES string of the molecule is Cc1ccc(C(=O)C(C)(C)C#N)cc1C. The van der Waals surface area contributed by atoms with Gasteiger partial charge in [-0.1, -0.05) is 12.1 Å². The van der Waals surface area contributed by atoms with Crippen LogP contribution >= 0.6 is 0 Å². The number of Topliss-reactive ketones (excluding diaryl/α,β-unsaturated/α-hetero) is 1. The van der Waals surface area contributed by atoms with Gasteiger partial charge in [-0.25, -0.2) is 0 Å². The summed E-state index contributed by atoms with van der Waals surface area (Å²) in [6.07, 6.45) is 0. The van der Waals surface area contributed by atoms with Crippen LogP contribution in [-0.2, 0) is 0 Å². The second-order valence-corrected chi connectivity index (χ2v) is 4.36. The first-order valence-electron chi connectivity index (χ1n) is 4.92. The van der Waals surface area contributed by atoms with E-state index in [1.807, 2.05) is 32.0 Å². The molecule has 1 rings (SSSR count). The molecule has 1 aromatic rings. The number of nitriles is 1. The second kappa shape index (κ2) is 3.86. The Bertz CT molecular complexity index is 438. The number of rotatable bonds is 2. The van der Waals surface area contributed by atoms with E-state index in [1.54, 1.807) is 19.9 Å². The van der Waals surface area contributed by atoms with Crippen LogP contribution in [0.15, 0.2) is 18.2 Å². The van der Waals surface area contributed by atoms with Crippen LogP contribution in [0, 0.1) is 30.6 Å². The highest BCUT2D eigenvalue weighted by Crippen LogP contribution is 2.22. The molecule has 0 unspecified atom stereocenters. The summed E-state index contributed by atoms with van der Waals surface area (Å²) in [5.74, 6) is -0.117. The fraction of sp³-hybridized carbons (Fsp3) is 0.385. The molecule has 0 bridgehead atoms. The van der Waals surface area contributed by atoms with Crippen LogP contribution in [0.25, 0.3) is 0 Å². The highest BCUT2D eigenvalue weighted by Gasteiger charge is 2.28. The summed E-state index contributed by atoms with van der Waals surface area (Å²) in [5.41, 5.74) is 1.90. The molecule has 0 atom stereocenters. The normalized spacial score (nSPS) is 10.9. The summed E-state index contributed by atoms with van der Waals surface area (Å²) in [5, 5.41) is 8.88. The van der Waals surface area contributed by atoms with Gasteiger partial charge < -0.3 is 0 Å². The number of nitrogens with zero attached hydrogens (tertiary/aromatic N) is 1. The van der Waals surface area contributed by atoms with Crippen LogP contribution in [0.1, 0.15) is 35.3 Å². The van der Waals surface area contributed by atoms with Gasteiger partial charge in [-0.2, -0.15) is 5.26 Å². The van der Waals surface area contributed by atoms with Crippen molar-refractivity contribution in [1.29, 1.82) is 5.26 Å². The van der Waals surface area contributed by atoms with Crippen molar-refractivity contribution in [1.82, 2.24) is 0 Å². The van der Waals surface area contributed by atoms with Crippen LogP contribution in [0.4, 0.5) is 0 Å². The molecule has 0 aliphatic carbocycles. The zero-order chi connectivity index (χ0) is 11.6. The summed E-state index contributed by atoms with van der Waals surface area (Å²) in [7, 11) is 0. The monoisotopic (exact) mass is 201 g/mol. The standard InChI is InChI=1S/C13H15NO/c1-9-5-6-11(7-10(9)2)12(15)13(3,4)8-14/h5-7H,1-4H3. The van der Waals surface area contributed by atoms with E-state index in [0.29, 0.717) is 5.56 Å². The highest BCUT2D eigenvalue weighted by atomic mass is 16.1. The van der Waals surface area contributed by atoms with Gasteiger partial charge in [-0.3, -0.25) is 4.79 Å². The number of benzene rings is 1. The smallest absolute Gasteiger partial charge is 0.182 e. The fourth-order valence-electron chi connectivity index (χ4n) is 1.29. The highest BCUT2D eigenvalue weighted by molar-refractivity contribution is 6.01. The van der Waals surface area contributed by atoms with Crippen molar-refractivity contribution in [2.45, 2.75) is 27.7 Å². The van der Waals surface area contributed by atoms with Gasteiger partial charge in [0.25, 0.3) is 0 Å². The Morgan fingerprint density at radius 1 is 1.27 bits per heavy atom. The molecule has 0 radical (unpaired) electrons. The molecule has 0 aliphatic heterocycles. The Morgan fingerprint density at radius 3 is 2.33 bits per heavy atom. The van der Waals surface area contributed by atoms with E-state index in [4.69, 9.17) is 5.26 Å². The van der Waals surface area contributed by atoms with E-state index < -0.39 is 5.41 Å². The molecule has 0 amide bonds. The Kier molecular flexibility index (Phi) is 2.95. The van der Waals surface area contributed by atoms with Crippen LogP contribution in [0.2, 0.25) is 0 Å². The number of hydrogen-bond donors (Lipinski definition) is 0. The van der Waals surface area contributed by atoms with Crippen LogP contribution in [0.5, 0.6) is 0 Å². The lowest BCUT2D eigenvalue weighted by Crippen LogP contribution is -2.22. The third-order valence-corrected chi connectivity index (χ3v) is 2.62. The van der Waals surface area contributed by atoms with Gasteiger partial charge in [-0.15, -0.1) is 0 Å². The minimum absolute atomic E-state index is 0.117. The Morgan fingerprint density at radius 2 is 1.87 bits per heavy atom. The van der Waals surface area contributed by atoms with Crippen LogP contribution in [0.3, 0.4) is 0 Å². The predicted molar refractivity (Wildman–Crippen MR) is 59.6 cm³/mol. The van der Waals surface area contributed by atoms with Crippen molar-refractivity contribution >= 4 is 5.78 Å². The van der Waals surface area contributed by atoms with E-state index in [0.717, 1.165) is 11.1 Å². The Balaban J connectivity index is 3.15. The topological polar surface area (TPSA) is 40.9 Å². The molecule has 0 N–H and O–H groups in total. The Hall–Kier alpha value is -1.62. The number of hydrogen-bond acceptors (Lipinski definition) is 2. The van der Waals surface area contributed by atoms with Gasteiger partial charge in [0, 0.05) is 5.56 Å². The molecule has 0 spiro atoms. The third-order valence-electron chi connectivity index (χ3n) is 2.62. The lowest BCUT2D eigenvalue weighted by molar-refractivity contribution is 0.0892. The molecule has 2 heteroatoms. The molecule has 1 aromatic carbocycles. The summed E-state index contributed by atoms with van der Waals surface area (Å²) in [6.45, 7) is 7.25. The predicted octanol–water partition coefficient (Wildman–Crippen LogP) is 3.04. The largest absolute Gasteiger partial charge is 0.292 e. The van der Waals surface area contributed by atoms with E-state index >= 15 is 0 Å². The third kappa shape index (κ3) is 2.24. The van der Waals surface area contributed by atoms with Gasteiger partial charge in [0.2, 0.25) is 0 Å². The van der Waals surface area contributed by atoms with Gasteiger partial charge in [-0.05, 0) is 44.9 Å². The quantitative estimate of drug-likeness (QED) is 0.690. The molecule has 0 aliphatic rings. The van der Waals surface area contributed by atoms with Crippen LogP contribution in [-0.4, -0.2) is 5.78 Å². The average Bonchev–Trinajstić information content (AvgIpc) is 2.21. The van der Waals surface area contributed by atoms with Crippen molar-refractivity contribution in [2.24, 2.45) is 5.41 Å². The van der Waals surface area contributed by atoms with Crippen molar-refractivity contribution in [2.75, 3.05) is 0 Å². The second-order valence-electron chi connectivity index (χ2n) is 4.36. The maximum Gasteiger partial charge on any atom is 0.182 e. The molecule has 0 saturated carbocycles. The van der Waals surface area contributed by atoms with Gasteiger partial charge >= 0.3 is 0 Å². The lowest BCUT2D eigenvalue weighted by Gasteiger charge is -2.14. The first-order chi connectivity index (χ1) is 6.88. The van der Waals surface area contributed by atoms with Gasteiger partial charge in [0.15, 0.2) is 5.78 Å². The zero-order valence-electron chi connectivity index (χ0n) is 9.59. The Labute approximate surface area is 90.5 Å². The van der Waals surface area contributed by atoms with Crippen molar-refractivity contribution < 1.29 is 4.79 Å².